The Morgan fingerprint density at radius 3 is 2.25 bits per heavy atom. The molecule has 0 aliphatic heterocycles. The van der Waals surface area contributed by atoms with Gasteiger partial charge in [0.15, 0.2) is 0 Å². The van der Waals surface area contributed by atoms with Gasteiger partial charge in [-0.1, -0.05) is 6.92 Å². The summed E-state index contributed by atoms with van der Waals surface area (Å²) in [6.45, 7) is 1.64. The highest BCUT2D eigenvalue weighted by Gasteiger charge is 2.18. The number of methoxy groups -OCH3 is 2. The predicted octanol–water partition coefficient (Wildman–Crippen LogP) is 0.478. The number of nitrogens with zero attached hydrogens (tertiary/aromatic N) is 2. The van der Waals surface area contributed by atoms with Crippen molar-refractivity contribution in [3.05, 3.63) is 6.07 Å². The van der Waals surface area contributed by atoms with Crippen LogP contribution in [0.2, 0.25) is 0 Å². The first-order valence-corrected chi connectivity index (χ1v) is 5.77. The minimum absolute atomic E-state index is 0.0565. The van der Waals surface area contributed by atoms with Gasteiger partial charge in [-0.3, -0.25) is 5.32 Å². The van der Waals surface area contributed by atoms with Crippen molar-refractivity contribution in [2.24, 2.45) is 0 Å². The molecule has 110 valence electrons. The van der Waals surface area contributed by atoms with Crippen LogP contribution >= 0.6 is 0 Å². The van der Waals surface area contributed by atoms with Crippen molar-refractivity contribution >= 4 is 17.9 Å². The molecule has 1 rings (SSSR count). The molecule has 0 saturated carbocycles. The number of aromatic nitrogens is 2. The molecule has 0 radical (unpaired) electrons. The standard InChI is InChI=1S/C11H16N4O5/c1-4-6(9(16)17)12-11(18)15-10-13-7(19-2)5-8(14-10)20-3/h5-6H,4H2,1-3H3,(H,16,17)(H2,12,13,14,15,18). The molecule has 1 aromatic heterocycles. The van der Waals surface area contributed by atoms with Crippen molar-refractivity contribution in [3.8, 4) is 11.8 Å². The third kappa shape index (κ3) is 4.26. The quantitative estimate of drug-likeness (QED) is 0.694. The molecule has 0 aliphatic rings. The van der Waals surface area contributed by atoms with Gasteiger partial charge in [0.2, 0.25) is 17.7 Å². The predicted molar refractivity (Wildman–Crippen MR) is 69.0 cm³/mol. The van der Waals surface area contributed by atoms with E-state index in [2.05, 4.69) is 20.6 Å². The molecule has 1 unspecified atom stereocenters. The van der Waals surface area contributed by atoms with Crippen molar-refractivity contribution in [1.29, 1.82) is 0 Å². The SMILES string of the molecule is CCC(NC(=O)Nc1nc(OC)cc(OC)n1)C(=O)O. The van der Waals surface area contributed by atoms with E-state index in [1.807, 2.05) is 0 Å². The minimum Gasteiger partial charge on any atom is -0.481 e. The number of carbonyl (C=O) groups excluding carboxylic acids is 1. The van der Waals surface area contributed by atoms with Gasteiger partial charge in [-0.25, -0.2) is 9.59 Å². The molecule has 1 atom stereocenters. The highest BCUT2D eigenvalue weighted by atomic mass is 16.5. The Morgan fingerprint density at radius 2 is 1.85 bits per heavy atom. The number of nitrogens with one attached hydrogen (secondary N) is 2. The summed E-state index contributed by atoms with van der Waals surface area (Å²) in [5.41, 5.74) is 0. The van der Waals surface area contributed by atoms with Gasteiger partial charge in [0.05, 0.1) is 20.3 Å². The molecule has 0 aliphatic carbocycles. The number of carboxylic acids is 1. The number of carbonyl (C=O) groups is 2. The Balaban J connectivity index is 2.77. The lowest BCUT2D eigenvalue weighted by Crippen LogP contribution is -2.42. The molecule has 0 aromatic carbocycles. The van der Waals surface area contributed by atoms with E-state index in [4.69, 9.17) is 14.6 Å². The molecule has 20 heavy (non-hydrogen) atoms. The molecule has 0 spiro atoms. The third-order valence-corrected chi connectivity index (χ3v) is 2.33. The van der Waals surface area contributed by atoms with Crippen LogP contribution in [0, 0.1) is 0 Å². The van der Waals surface area contributed by atoms with Crippen LogP contribution in [-0.2, 0) is 4.79 Å². The number of rotatable bonds is 6. The minimum atomic E-state index is -1.12. The monoisotopic (exact) mass is 284 g/mol. The van der Waals surface area contributed by atoms with Crippen LogP contribution in [0.1, 0.15) is 13.3 Å². The number of anilines is 1. The number of carboxylic acid groups (broad SMARTS) is 1. The Morgan fingerprint density at radius 1 is 1.30 bits per heavy atom. The van der Waals surface area contributed by atoms with Crippen molar-refractivity contribution < 1.29 is 24.2 Å². The number of hydrogen-bond acceptors (Lipinski definition) is 6. The van der Waals surface area contributed by atoms with Gasteiger partial charge in [-0.2, -0.15) is 9.97 Å². The fourth-order valence-electron chi connectivity index (χ4n) is 1.30. The maximum absolute atomic E-state index is 11.6. The molecular formula is C11H16N4O5. The average molecular weight is 284 g/mol. The van der Waals surface area contributed by atoms with Crippen LogP contribution < -0.4 is 20.1 Å². The van der Waals surface area contributed by atoms with Gasteiger partial charge in [0.1, 0.15) is 6.04 Å². The van der Waals surface area contributed by atoms with E-state index in [1.165, 1.54) is 20.3 Å². The Bertz CT molecular complexity index is 471. The van der Waals surface area contributed by atoms with E-state index in [0.717, 1.165) is 0 Å². The normalized spacial score (nSPS) is 11.3. The molecule has 0 fully saturated rings. The second kappa shape index (κ2) is 7.12. The highest BCUT2D eigenvalue weighted by Crippen LogP contribution is 2.17. The summed E-state index contributed by atoms with van der Waals surface area (Å²) < 4.78 is 9.84. The summed E-state index contributed by atoms with van der Waals surface area (Å²) in [7, 11) is 2.81. The fraction of sp³-hybridized carbons (Fsp3) is 0.455. The van der Waals surface area contributed by atoms with Crippen molar-refractivity contribution in [3.63, 3.8) is 0 Å². The lowest BCUT2D eigenvalue weighted by atomic mass is 10.2. The van der Waals surface area contributed by atoms with E-state index in [9.17, 15) is 9.59 Å². The van der Waals surface area contributed by atoms with E-state index in [-0.39, 0.29) is 24.1 Å². The highest BCUT2D eigenvalue weighted by molar-refractivity contribution is 5.90. The first-order chi connectivity index (χ1) is 9.49. The second-order valence-corrected chi connectivity index (χ2v) is 3.67. The van der Waals surface area contributed by atoms with Crippen LogP contribution in [0.25, 0.3) is 0 Å². The first-order valence-electron chi connectivity index (χ1n) is 5.77. The number of hydrogen-bond donors (Lipinski definition) is 3. The van der Waals surface area contributed by atoms with Crippen molar-refractivity contribution in [2.45, 2.75) is 19.4 Å². The lowest BCUT2D eigenvalue weighted by Gasteiger charge is -2.13. The van der Waals surface area contributed by atoms with E-state index in [1.54, 1.807) is 6.92 Å². The summed E-state index contributed by atoms with van der Waals surface area (Å²) in [5.74, 6) is -0.763. The van der Waals surface area contributed by atoms with Gasteiger partial charge in [-0.05, 0) is 6.42 Å². The molecule has 9 heteroatoms. The topological polar surface area (TPSA) is 123 Å². The smallest absolute Gasteiger partial charge is 0.326 e. The summed E-state index contributed by atoms with van der Waals surface area (Å²) in [5, 5.41) is 13.4. The summed E-state index contributed by atoms with van der Waals surface area (Å²) >= 11 is 0. The molecule has 0 bridgehead atoms. The van der Waals surface area contributed by atoms with Crippen LogP contribution in [0.4, 0.5) is 10.7 Å². The first kappa shape index (κ1) is 15.5. The van der Waals surface area contributed by atoms with Crippen LogP contribution in [0.15, 0.2) is 6.07 Å². The van der Waals surface area contributed by atoms with Crippen molar-refractivity contribution in [1.82, 2.24) is 15.3 Å². The zero-order chi connectivity index (χ0) is 15.1. The van der Waals surface area contributed by atoms with E-state index < -0.39 is 18.0 Å². The average Bonchev–Trinajstić information content (AvgIpc) is 2.43. The number of ether oxygens (including phenoxy) is 2. The molecule has 9 nitrogen and oxygen atoms in total. The van der Waals surface area contributed by atoms with Gasteiger partial charge in [0.25, 0.3) is 0 Å². The fourth-order valence-corrected chi connectivity index (χ4v) is 1.30. The maximum atomic E-state index is 11.6. The van der Waals surface area contributed by atoms with Crippen molar-refractivity contribution in [2.75, 3.05) is 19.5 Å². The molecule has 0 saturated heterocycles. The van der Waals surface area contributed by atoms with Gasteiger partial charge in [-0.15, -0.1) is 0 Å². The van der Waals surface area contributed by atoms with Gasteiger partial charge >= 0.3 is 12.0 Å². The molecular weight excluding hydrogens is 268 g/mol. The molecule has 3 N–H and O–H groups in total. The second-order valence-electron chi connectivity index (χ2n) is 3.67. The number of amides is 2. The largest absolute Gasteiger partial charge is 0.481 e. The molecule has 1 aromatic rings. The maximum Gasteiger partial charge on any atom is 0.326 e. The van der Waals surface area contributed by atoms with Crippen LogP contribution in [0.5, 0.6) is 11.8 Å². The van der Waals surface area contributed by atoms with Crippen LogP contribution in [-0.4, -0.2) is 47.3 Å². The van der Waals surface area contributed by atoms with Crippen LogP contribution in [0.3, 0.4) is 0 Å². The Kier molecular flexibility index (Phi) is 5.51. The summed E-state index contributed by atoms with van der Waals surface area (Å²) in [6, 6.07) is -0.271. The molecule has 2 amide bonds. The van der Waals surface area contributed by atoms with E-state index in [0.29, 0.717) is 0 Å². The lowest BCUT2D eigenvalue weighted by molar-refractivity contribution is -0.139. The van der Waals surface area contributed by atoms with E-state index >= 15 is 0 Å². The Labute approximate surface area is 115 Å². The molecule has 1 heterocycles. The zero-order valence-corrected chi connectivity index (χ0v) is 11.3. The van der Waals surface area contributed by atoms with Gasteiger partial charge in [0, 0.05) is 0 Å². The van der Waals surface area contributed by atoms with Gasteiger partial charge < -0.3 is 19.9 Å². The number of urea groups is 1. The zero-order valence-electron chi connectivity index (χ0n) is 11.3. The number of aliphatic carboxylic acids is 1. The third-order valence-electron chi connectivity index (χ3n) is 2.33. The Hall–Kier alpha value is -2.58. The summed E-state index contributed by atoms with van der Waals surface area (Å²) in [4.78, 5) is 30.2. The summed E-state index contributed by atoms with van der Waals surface area (Å²) in [6.07, 6.45) is 0.255.